The average Bonchev–Trinajstić information content (AvgIpc) is 2.22. The Kier molecular flexibility index (Phi) is 3.83. The number of carboxylic acids is 1. The molecule has 2 rings (SSSR count). The number of hydrogen-bond acceptors (Lipinski definition) is 4. The average molecular weight is 254 g/mol. The monoisotopic (exact) mass is 254 g/mol. The fourth-order valence-corrected chi connectivity index (χ4v) is 2.46. The van der Waals surface area contributed by atoms with Crippen LogP contribution in [0.1, 0.15) is 19.3 Å². The van der Waals surface area contributed by atoms with Crippen LogP contribution in [0.15, 0.2) is 22.2 Å². The molecule has 92 valence electrons. The third kappa shape index (κ3) is 3.33. The number of nitrogens with zero attached hydrogens (tertiary/aromatic N) is 2. The van der Waals surface area contributed by atoms with Gasteiger partial charge in [-0.15, -0.1) is 0 Å². The molecule has 0 radical (unpaired) electrons. The van der Waals surface area contributed by atoms with Crippen molar-refractivity contribution in [3.8, 4) is 0 Å². The third-order valence-electron chi connectivity index (χ3n) is 2.85. The van der Waals surface area contributed by atoms with Crippen molar-refractivity contribution in [1.29, 1.82) is 0 Å². The van der Waals surface area contributed by atoms with E-state index in [1.807, 2.05) is 4.57 Å². The Morgan fingerprint density at radius 1 is 1.59 bits per heavy atom. The maximum atomic E-state index is 11.2. The second kappa shape index (κ2) is 5.35. The van der Waals surface area contributed by atoms with Gasteiger partial charge in [0.2, 0.25) is 0 Å². The van der Waals surface area contributed by atoms with Crippen LogP contribution in [0.4, 0.5) is 0 Å². The zero-order chi connectivity index (χ0) is 12.3. The summed E-state index contributed by atoms with van der Waals surface area (Å²) in [5.74, 6) is -0.326. The number of carboxylic acid groups (broad SMARTS) is 1. The minimum absolute atomic E-state index is 0.0683. The van der Waals surface area contributed by atoms with Gasteiger partial charge in [-0.05, 0) is 18.8 Å². The number of rotatable bonds is 5. The predicted molar refractivity (Wildman–Crippen MR) is 64.2 cm³/mol. The van der Waals surface area contributed by atoms with E-state index >= 15 is 0 Å². The molecule has 0 unspecified atom stereocenters. The van der Waals surface area contributed by atoms with Crippen LogP contribution in [0.25, 0.3) is 0 Å². The van der Waals surface area contributed by atoms with Crippen molar-refractivity contribution in [3.63, 3.8) is 0 Å². The number of carbonyl (C=O) groups is 1. The third-order valence-corrected chi connectivity index (χ3v) is 3.83. The number of aromatic nitrogens is 2. The van der Waals surface area contributed by atoms with Gasteiger partial charge < -0.3 is 9.67 Å². The smallest absolute Gasteiger partial charge is 0.313 e. The Labute approximate surface area is 103 Å². The molecular formula is C11H14N2O3S. The van der Waals surface area contributed by atoms with E-state index in [4.69, 9.17) is 5.11 Å². The molecule has 0 spiro atoms. The molecule has 0 bridgehead atoms. The second-order valence-corrected chi connectivity index (χ2v) is 5.12. The van der Waals surface area contributed by atoms with Gasteiger partial charge in [0.15, 0.2) is 5.16 Å². The summed E-state index contributed by atoms with van der Waals surface area (Å²) in [4.78, 5) is 25.6. The highest BCUT2D eigenvalue weighted by atomic mass is 32.2. The number of hydrogen-bond donors (Lipinski definition) is 1. The highest BCUT2D eigenvalue weighted by molar-refractivity contribution is 7.99. The van der Waals surface area contributed by atoms with Gasteiger partial charge in [0.25, 0.3) is 5.56 Å². The first kappa shape index (κ1) is 12.2. The minimum Gasteiger partial charge on any atom is -0.481 e. The molecular weight excluding hydrogens is 240 g/mol. The predicted octanol–water partition coefficient (Wildman–Crippen LogP) is 1.22. The molecule has 1 aromatic heterocycles. The first-order chi connectivity index (χ1) is 8.15. The van der Waals surface area contributed by atoms with Crippen LogP contribution in [0.2, 0.25) is 0 Å². The maximum Gasteiger partial charge on any atom is 0.313 e. The molecule has 1 aliphatic carbocycles. The Morgan fingerprint density at radius 3 is 2.94 bits per heavy atom. The van der Waals surface area contributed by atoms with Gasteiger partial charge in [-0.2, -0.15) is 4.98 Å². The zero-order valence-electron chi connectivity index (χ0n) is 9.33. The van der Waals surface area contributed by atoms with E-state index in [1.165, 1.54) is 25.3 Å². The molecule has 1 N–H and O–H groups in total. The summed E-state index contributed by atoms with van der Waals surface area (Å²) >= 11 is 1.10. The number of aliphatic carboxylic acids is 1. The summed E-state index contributed by atoms with van der Waals surface area (Å²) in [5.41, 5.74) is -0.317. The van der Waals surface area contributed by atoms with Crippen LogP contribution in [-0.4, -0.2) is 26.4 Å². The maximum absolute atomic E-state index is 11.2. The lowest BCUT2D eigenvalue weighted by molar-refractivity contribution is -0.133. The van der Waals surface area contributed by atoms with Crippen LogP contribution in [-0.2, 0) is 11.3 Å². The van der Waals surface area contributed by atoms with Crippen molar-refractivity contribution < 1.29 is 9.90 Å². The molecule has 17 heavy (non-hydrogen) atoms. The van der Waals surface area contributed by atoms with Crippen LogP contribution < -0.4 is 5.56 Å². The standard InChI is InChI=1S/C11H14N2O3S/c14-9-4-5-13(6-8-2-1-3-8)11(12-9)17-7-10(15)16/h4-5,8H,1-3,6-7H2,(H,15,16). The molecule has 1 heterocycles. The van der Waals surface area contributed by atoms with Crippen molar-refractivity contribution in [2.24, 2.45) is 5.92 Å². The fourth-order valence-electron chi connectivity index (χ4n) is 1.75. The molecule has 0 amide bonds. The lowest BCUT2D eigenvalue weighted by atomic mass is 9.85. The van der Waals surface area contributed by atoms with Crippen molar-refractivity contribution in [1.82, 2.24) is 9.55 Å². The van der Waals surface area contributed by atoms with Gasteiger partial charge in [0, 0.05) is 18.8 Å². The van der Waals surface area contributed by atoms with Crippen molar-refractivity contribution in [2.45, 2.75) is 31.0 Å². The number of thioether (sulfide) groups is 1. The molecule has 1 saturated carbocycles. The molecule has 1 aliphatic rings. The molecule has 0 saturated heterocycles. The summed E-state index contributed by atoms with van der Waals surface area (Å²) in [5, 5.41) is 9.14. The van der Waals surface area contributed by atoms with Gasteiger partial charge in [-0.25, -0.2) is 0 Å². The van der Waals surface area contributed by atoms with E-state index in [2.05, 4.69) is 4.98 Å². The topological polar surface area (TPSA) is 72.2 Å². The highest BCUT2D eigenvalue weighted by Gasteiger charge is 2.19. The van der Waals surface area contributed by atoms with Crippen molar-refractivity contribution in [3.05, 3.63) is 22.6 Å². The quantitative estimate of drug-likeness (QED) is 0.632. The summed E-state index contributed by atoms with van der Waals surface area (Å²) in [6.07, 6.45) is 5.37. The second-order valence-electron chi connectivity index (χ2n) is 4.18. The SMILES string of the molecule is O=C(O)CSc1nc(=O)ccn1CC1CCC1. The van der Waals surface area contributed by atoms with Gasteiger partial charge in [-0.3, -0.25) is 9.59 Å². The molecule has 6 heteroatoms. The molecule has 1 aromatic rings. The van der Waals surface area contributed by atoms with Gasteiger partial charge in [0.1, 0.15) is 0 Å². The van der Waals surface area contributed by atoms with Crippen molar-refractivity contribution in [2.75, 3.05) is 5.75 Å². The van der Waals surface area contributed by atoms with E-state index < -0.39 is 5.97 Å². The zero-order valence-corrected chi connectivity index (χ0v) is 10.2. The van der Waals surface area contributed by atoms with Crippen molar-refractivity contribution >= 4 is 17.7 Å². The molecule has 0 aliphatic heterocycles. The van der Waals surface area contributed by atoms with E-state index in [0.29, 0.717) is 11.1 Å². The van der Waals surface area contributed by atoms with E-state index in [0.717, 1.165) is 18.3 Å². The molecule has 0 aromatic carbocycles. The van der Waals surface area contributed by atoms with Gasteiger partial charge in [0.05, 0.1) is 5.75 Å². The Morgan fingerprint density at radius 2 is 2.35 bits per heavy atom. The Hall–Kier alpha value is -1.30. The fraction of sp³-hybridized carbons (Fsp3) is 0.545. The Balaban J connectivity index is 2.11. The van der Waals surface area contributed by atoms with E-state index in [9.17, 15) is 9.59 Å². The van der Waals surface area contributed by atoms with Crippen LogP contribution in [0, 0.1) is 5.92 Å². The molecule has 5 nitrogen and oxygen atoms in total. The normalized spacial score (nSPS) is 15.5. The van der Waals surface area contributed by atoms with E-state index in [1.54, 1.807) is 6.20 Å². The minimum atomic E-state index is -0.900. The molecule has 1 fully saturated rings. The largest absolute Gasteiger partial charge is 0.481 e. The first-order valence-electron chi connectivity index (χ1n) is 5.57. The van der Waals surface area contributed by atoms with Crippen LogP contribution >= 0.6 is 11.8 Å². The lowest BCUT2D eigenvalue weighted by Crippen LogP contribution is -2.22. The lowest BCUT2D eigenvalue weighted by Gasteiger charge is -2.26. The first-order valence-corrected chi connectivity index (χ1v) is 6.56. The van der Waals surface area contributed by atoms with Crippen LogP contribution in [0.5, 0.6) is 0 Å². The van der Waals surface area contributed by atoms with Crippen LogP contribution in [0.3, 0.4) is 0 Å². The van der Waals surface area contributed by atoms with Gasteiger partial charge in [-0.1, -0.05) is 18.2 Å². The summed E-state index contributed by atoms with van der Waals surface area (Å²) in [7, 11) is 0. The summed E-state index contributed by atoms with van der Waals surface area (Å²) < 4.78 is 1.89. The van der Waals surface area contributed by atoms with Gasteiger partial charge >= 0.3 is 5.97 Å². The highest BCUT2D eigenvalue weighted by Crippen LogP contribution is 2.28. The Bertz CT molecular complexity index is 468. The summed E-state index contributed by atoms with van der Waals surface area (Å²) in [6.45, 7) is 0.829. The summed E-state index contributed by atoms with van der Waals surface area (Å²) in [6, 6.07) is 1.42. The molecule has 0 atom stereocenters. The van der Waals surface area contributed by atoms with E-state index in [-0.39, 0.29) is 11.3 Å².